The Balaban J connectivity index is 0.000000236. The van der Waals surface area contributed by atoms with Gasteiger partial charge in [0.25, 0.3) is 0 Å². The fourth-order valence-corrected chi connectivity index (χ4v) is 3.42. The van der Waals surface area contributed by atoms with Crippen molar-refractivity contribution in [2.45, 2.75) is 13.0 Å². The van der Waals surface area contributed by atoms with Crippen LogP contribution in [-0.2, 0) is 4.79 Å². The molecule has 12 heteroatoms. The highest BCUT2D eigenvalue weighted by Gasteiger charge is 2.18. The number of hydrogen-bond acceptors (Lipinski definition) is 7. The maximum atomic E-state index is 10.7. The van der Waals surface area contributed by atoms with Gasteiger partial charge in [-0.15, -0.1) is 0 Å². The zero-order valence-electron chi connectivity index (χ0n) is 18.7. The van der Waals surface area contributed by atoms with Crippen LogP contribution in [0.1, 0.15) is 17.3 Å². The first-order chi connectivity index (χ1) is 17.1. The molecular formula is C24H18Cl3NO8. The lowest BCUT2D eigenvalue weighted by Crippen LogP contribution is -2.22. The van der Waals surface area contributed by atoms with Crippen molar-refractivity contribution in [2.24, 2.45) is 0 Å². The van der Waals surface area contributed by atoms with E-state index in [9.17, 15) is 9.59 Å². The smallest absolute Gasteiger partial charge is 0.400 e. The van der Waals surface area contributed by atoms with Crippen LogP contribution in [-0.4, -0.2) is 40.3 Å². The van der Waals surface area contributed by atoms with Crippen LogP contribution in [0.2, 0.25) is 15.1 Å². The Labute approximate surface area is 219 Å². The molecule has 1 heterocycles. The average Bonchev–Trinajstić information content (AvgIpc) is 3.23. The number of hydrogen-bond donors (Lipinski definition) is 2. The van der Waals surface area contributed by atoms with Crippen molar-refractivity contribution in [1.82, 2.24) is 4.98 Å². The molecule has 0 saturated carbocycles. The van der Waals surface area contributed by atoms with E-state index in [-0.39, 0.29) is 27.4 Å². The molecule has 0 spiro atoms. The van der Waals surface area contributed by atoms with Gasteiger partial charge in [-0.2, -0.15) is 4.98 Å². The van der Waals surface area contributed by atoms with Crippen LogP contribution < -0.4 is 14.2 Å². The Morgan fingerprint density at radius 2 is 1.58 bits per heavy atom. The summed E-state index contributed by atoms with van der Waals surface area (Å²) in [6, 6.07) is 14.5. The maximum Gasteiger partial charge on any atom is 0.400 e. The summed E-state index contributed by atoms with van der Waals surface area (Å²) in [5.74, 6) is -1.20. The molecule has 1 unspecified atom stereocenters. The van der Waals surface area contributed by atoms with Crippen molar-refractivity contribution in [3.63, 3.8) is 0 Å². The third-order valence-corrected chi connectivity index (χ3v) is 5.34. The monoisotopic (exact) mass is 553 g/mol. The molecule has 188 valence electrons. The largest absolute Gasteiger partial charge is 0.494 e. The molecule has 0 fully saturated rings. The minimum absolute atomic E-state index is 0.0849. The number of carbonyl (C=O) groups is 2. The lowest BCUT2D eigenvalue weighted by Gasteiger charge is -2.10. The Morgan fingerprint density at radius 1 is 0.944 bits per heavy atom. The predicted molar refractivity (Wildman–Crippen MR) is 133 cm³/mol. The number of carboxylic acid groups (broad SMARTS) is 2. The Morgan fingerprint density at radius 3 is 2.17 bits per heavy atom. The number of fused-ring (bicyclic) bond motifs is 1. The van der Waals surface area contributed by atoms with Crippen LogP contribution in [0, 0.1) is 0 Å². The van der Waals surface area contributed by atoms with E-state index in [2.05, 4.69) is 4.98 Å². The summed E-state index contributed by atoms with van der Waals surface area (Å²) in [5.41, 5.74) is 1.05. The highest BCUT2D eigenvalue weighted by molar-refractivity contribution is 6.37. The van der Waals surface area contributed by atoms with Gasteiger partial charge in [0.1, 0.15) is 22.6 Å². The Hall–Kier alpha value is -3.66. The van der Waals surface area contributed by atoms with Gasteiger partial charge in [-0.3, -0.25) is 0 Å². The quantitative estimate of drug-likeness (QED) is 0.253. The van der Waals surface area contributed by atoms with E-state index in [1.54, 1.807) is 42.5 Å². The molecule has 4 rings (SSSR count). The molecule has 3 aromatic carbocycles. The average molecular weight is 555 g/mol. The van der Waals surface area contributed by atoms with Gasteiger partial charge in [0.15, 0.2) is 17.4 Å². The molecule has 0 radical (unpaired) electrons. The number of nitrogens with zero attached hydrogens (tertiary/aromatic N) is 1. The summed E-state index contributed by atoms with van der Waals surface area (Å²) < 4.78 is 21.0. The summed E-state index contributed by atoms with van der Waals surface area (Å²) in [6.45, 7) is 1.45. The maximum absolute atomic E-state index is 10.7. The van der Waals surface area contributed by atoms with Crippen LogP contribution in [0.15, 0.2) is 59.0 Å². The lowest BCUT2D eigenvalue weighted by atomic mass is 10.2. The van der Waals surface area contributed by atoms with E-state index < -0.39 is 18.0 Å². The number of aliphatic carboxylic acids is 1. The van der Waals surface area contributed by atoms with Crippen molar-refractivity contribution < 1.29 is 38.4 Å². The molecule has 1 atom stereocenters. The highest BCUT2D eigenvalue weighted by Crippen LogP contribution is 2.33. The number of oxazole rings is 1. The summed E-state index contributed by atoms with van der Waals surface area (Å²) in [4.78, 5) is 25.7. The Kier molecular flexibility index (Phi) is 8.87. The van der Waals surface area contributed by atoms with Gasteiger partial charge in [0.2, 0.25) is 0 Å². The van der Waals surface area contributed by atoms with Crippen LogP contribution in [0.5, 0.6) is 23.3 Å². The predicted octanol–water partition coefficient (Wildman–Crippen LogP) is 6.83. The van der Waals surface area contributed by atoms with Gasteiger partial charge < -0.3 is 28.8 Å². The van der Waals surface area contributed by atoms with E-state index in [0.29, 0.717) is 27.6 Å². The zero-order chi connectivity index (χ0) is 26.4. The van der Waals surface area contributed by atoms with E-state index in [1.807, 2.05) is 0 Å². The van der Waals surface area contributed by atoms with Crippen LogP contribution in [0.25, 0.3) is 11.1 Å². The van der Waals surface area contributed by atoms with E-state index in [1.165, 1.54) is 26.2 Å². The fourth-order valence-electron chi connectivity index (χ4n) is 2.79. The first-order valence-corrected chi connectivity index (χ1v) is 11.2. The van der Waals surface area contributed by atoms with Crippen LogP contribution >= 0.6 is 34.8 Å². The standard InChI is InChI=1S/C16H12ClNO5.C8H6Cl2O3/c1-9(15(19)20)21-11-3-5-12(6-4-11)22-16-18-13-7-2-10(17)8-14(13)23-16;1-13-7-5(10)3-2-4(9)6(7)8(11)12/h2-9H,1H3,(H,19,20);2-3H,1H3,(H,11,12). The normalized spacial score (nSPS) is 11.2. The van der Waals surface area contributed by atoms with Gasteiger partial charge in [0, 0.05) is 11.1 Å². The lowest BCUT2D eigenvalue weighted by molar-refractivity contribution is -0.144. The number of ether oxygens (including phenoxy) is 3. The van der Waals surface area contributed by atoms with Gasteiger partial charge in [-0.25, -0.2) is 9.59 Å². The van der Waals surface area contributed by atoms with Crippen molar-refractivity contribution in [3.05, 3.63) is 75.2 Å². The third-order valence-electron chi connectivity index (χ3n) is 4.50. The van der Waals surface area contributed by atoms with E-state index >= 15 is 0 Å². The zero-order valence-corrected chi connectivity index (χ0v) is 21.0. The molecule has 36 heavy (non-hydrogen) atoms. The van der Waals surface area contributed by atoms with Gasteiger partial charge in [0.05, 0.1) is 17.2 Å². The first kappa shape index (κ1) is 26.9. The number of carboxylic acids is 2. The minimum Gasteiger partial charge on any atom is -0.494 e. The van der Waals surface area contributed by atoms with Gasteiger partial charge in [-0.05, 0) is 55.5 Å². The molecular weight excluding hydrogens is 537 g/mol. The minimum atomic E-state index is -1.16. The third kappa shape index (κ3) is 6.72. The number of aromatic nitrogens is 1. The first-order valence-electron chi connectivity index (χ1n) is 10.1. The molecule has 0 aliphatic rings. The number of benzene rings is 3. The number of methoxy groups -OCH3 is 1. The summed E-state index contributed by atoms with van der Waals surface area (Å²) >= 11 is 17.2. The van der Waals surface area contributed by atoms with Crippen LogP contribution in [0.4, 0.5) is 0 Å². The van der Waals surface area contributed by atoms with Crippen LogP contribution in [0.3, 0.4) is 0 Å². The van der Waals surface area contributed by atoms with Gasteiger partial charge >= 0.3 is 18.0 Å². The second-order valence-electron chi connectivity index (χ2n) is 7.01. The van der Waals surface area contributed by atoms with E-state index in [0.717, 1.165) is 0 Å². The molecule has 0 bridgehead atoms. The fraction of sp³-hybridized carbons (Fsp3) is 0.125. The number of rotatable bonds is 7. The molecule has 9 nitrogen and oxygen atoms in total. The summed E-state index contributed by atoms with van der Waals surface area (Å²) in [6.07, 6.45) is -0.835. The number of aromatic carboxylic acids is 1. The SMILES string of the molecule is CC(Oc1ccc(Oc2nc3ccc(Cl)cc3o2)cc1)C(=O)O.COc1c(Cl)ccc(Cl)c1C(=O)O. The summed E-state index contributed by atoms with van der Waals surface area (Å²) in [5, 5.41) is 18.5. The second-order valence-corrected chi connectivity index (χ2v) is 8.26. The molecule has 0 aliphatic carbocycles. The van der Waals surface area contributed by atoms with Gasteiger partial charge in [-0.1, -0.05) is 34.8 Å². The molecule has 1 aromatic heterocycles. The summed E-state index contributed by atoms with van der Waals surface area (Å²) in [7, 11) is 1.34. The van der Waals surface area contributed by atoms with E-state index in [4.69, 9.17) is 63.6 Å². The highest BCUT2D eigenvalue weighted by atomic mass is 35.5. The topological polar surface area (TPSA) is 128 Å². The van der Waals surface area contributed by atoms with Crippen molar-refractivity contribution in [2.75, 3.05) is 7.11 Å². The number of halogens is 3. The molecule has 0 amide bonds. The van der Waals surface area contributed by atoms with Crippen molar-refractivity contribution in [3.8, 4) is 23.3 Å². The molecule has 0 aliphatic heterocycles. The van der Waals surface area contributed by atoms with Crippen molar-refractivity contribution in [1.29, 1.82) is 0 Å². The second kappa shape index (κ2) is 11.9. The molecule has 0 saturated heterocycles. The molecule has 2 N–H and O–H groups in total. The Bertz CT molecular complexity index is 1390. The van der Waals surface area contributed by atoms with Crippen molar-refractivity contribution >= 4 is 57.8 Å². The molecule has 4 aromatic rings.